The normalized spacial score (nSPS) is 17.9. The van der Waals surface area contributed by atoms with Gasteiger partial charge in [0.15, 0.2) is 0 Å². The third-order valence-electron chi connectivity index (χ3n) is 5.40. The van der Waals surface area contributed by atoms with E-state index < -0.39 is 0 Å². The van der Waals surface area contributed by atoms with Gasteiger partial charge in [0.25, 0.3) is 0 Å². The fraction of sp³-hybridized carbons (Fsp3) is 0.524. The van der Waals surface area contributed by atoms with E-state index in [-0.39, 0.29) is 17.6 Å². The van der Waals surface area contributed by atoms with Crippen molar-refractivity contribution < 1.29 is 14.0 Å². The lowest BCUT2D eigenvalue weighted by Crippen LogP contribution is -2.39. The predicted octanol–water partition coefficient (Wildman–Crippen LogP) is 3.57. The van der Waals surface area contributed by atoms with E-state index in [0.717, 1.165) is 62.8 Å². The molecule has 1 aromatic rings. The van der Waals surface area contributed by atoms with Crippen LogP contribution in [-0.4, -0.2) is 29.8 Å². The van der Waals surface area contributed by atoms with Crippen LogP contribution in [-0.2, 0) is 16.1 Å². The Bertz CT molecular complexity index is 661. The van der Waals surface area contributed by atoms with Crippen molar-refractivity contribution in [3.8, 4) is 0 Å². The molecule has 140 valence electrons. The fourth-order valence-corrected chi connectivity index (χ4v) is 3.72. The van der Waals surface area contributed by atoms with E-state index in [0.29, 0.717) is 18.9 Å². The highest BCUT2D eigenvalue weighted by molar-refractivity contribution is 5.93. The number of likely N-dealkylation sites (tertiary alicyclic amines) is 1. The minimum absolute atomic E-state index is 0.0314. The Labute approximate surface area is 154 Å². The number of halogens is 1. The molecule has 0 saturated carbocycles. The van der Waals surface area contributed by atoms with Crippen LogP contribution in [0.4, 0.5) is 4.39 Å². The summed E-state index contributed by atoms with van der Waals surface area (Å²) < 4.78 is 12.9. The number of benzene rings is 1. The second-order valence-corrected chi connectivity index (χ2v) is 7.30. The number of hydrogen-bond acceptors (Lipinski definition) is 2. The molecule has 1 fully saturated rings. The van der Waals surface area contributed by atoms with E-state index in [1.54, 1.807) is 12.1 Å². The van der Waals surface area contributed by atoms with Crippen molar-refractivity contribution in [2.75, 3.05) is 13.1 Å². The Hall–Kier alpha value is -2.17. The number of piperidine rings is 1. The lowest BCUT2D eigenvalue weighted by molar-refractivity contribution is -0.129. The maximum Gasteiger partial charge on any atom is 0.249 e. The molecular formula is C21H27FN2O2. The molecule has 26 heavy (non-hydrogen) atoms. The molecule has 2 aliphatic rings. The molecule has 5 heteroatoms. The van der Waals surface area contributed by atoms with Gasteiger partial charge in [-0.2, -0.15) is 0 Å². The van der Waals surface area contributed by atoms with Gasteiger partial charge >= 0.3 is 0 Å². The second kappa shape index (κ2) is 8.97. The number of nitrogens with zero attached hydrogens (tertiary/aromatic N) is 1. The number of nitrogens with one attached hydrogen (secondary N) is 1. The zero-order valence-electron chi connectivity index (χ0n) is 15.2. The van der Waals surface area contributed by atoms with Gasteiger partial charge in [-0.15, -0.1) is 0 Å². The summed E-state index contributed by atoms with van der Waals surface area (Å²) in [6.07, 6.45) is 8.46. The molecule has 0 bridgehead atoms. The van der Waals surface area contributed by atoms with Crippen molar-refractivity contribution >= 4 is 11.8 Å². The molecule has 3 rings (SSSR count). The van der Waals surface area contributed by atoms with Crippen LogP contribution in [0.1, 0.15) is 50.5 Å². The van der Waals surface area contributed by atoms with Gasteiger partial charge < -0.3 is 10.2 Å². The van der Waals surface area contributed by atoms with Crippen molar-refractivity contribution in [1.82, 2.24) is 10.2 Å². The molecule has 0 unspecified atom stereocenters. The lowest BCUT2D eigenvalue weighted by atomic mass is 9.91. The maximum absolute atomic E-state index is 12.9. The van der Waals surface area contributed by atoms with Gasteiger partial charge in [-0.3, -0.25) is 9.59 Å². The summed E-state index contributed by atoms with van der Waals surface area (Å²) in [4.78, 5) is 26.4. The summed E-state index contributed by atoms with van der Waals surface area (Å²) in [6.45, 7) is 2.04. The Morgan fingerprint density at radius 2 is 1.88 bits per heavy atom. The van der Waals surface area contributed by atoms with E-state index in [9.17, 15) is 14.0 Å². The summed E-state index contributed by atoms with van der Waals surface area (Å²) in [5.74, 6) is 0.490. The third kappa shape index (κ3) is 5.16. The van der Waals surface area contributed by atoms with Gasteiger partial charge in [-0.25, -0.2) is 4.39 Å². The maximum atomic E-state index is 12.9. The van der Waals surface area contributed by atoms with Gasteiger partial charge in [0.1, 0.15) is 5.82 Å². The zero-order valence-corrected chi connectivity index (χ0v) is 15.2. The van der Waals surface area contributed by atoms with Gasteiger partial charge in [-0.05, 0) is 62.1 Å². The van der Waals surface area contributed by atoms with Crippen LogP contribution >= 0.6 is 0 Å². The molecule has 1 heterocycles. The summed E-state index contributed by atoms with van der Waals surface area (Å²) >= 11 is 0. The molecule has 4 nitrogen and oxygen atoms in total. The number of carbonyl (C=O) groups is 2. The third-order valence-corrected chi connectivity index (χ3v) is 5.40. The van der Waals surface area contributed by atoms with E-state index in [1.165, 1.54) is 12.1 Å². The molecule has 1 aliphatic heterocycles. The van der Waals surface area contributed by atoms with Gasteiger partial charge in [0.2, 0.25) is 11.8 Å². The highest BCUT2D eigenvalue weighted by Gasteiger charge is 2.25. The molecule has 0 radical (unpaired) electrons. The van der Waals surface area contributed by atoms with E-state index in [2.05, 4.69) is 11.4 Å². The Balaban J connectivity index is 1.33. The van der Waals surface area contributed by atoms with Crippen molar-refractivity contribution in [2.24, 2.45) is 5.92 Å². The summed E-state index contributed by atoms with van der Waals surface area (Å²) in [7, 11) is 0. The van der Waals surface area contributed by atoms with Crippen LogP contribution in [0.25, 0.3) is 0 Å². The Kier molecular flexibility index (Phi) is 6.42. The van der Waals surface area contributed by atoms with E-state index in [4.69, 9.17) is 0 Å². The van der Waals surface area contributed by atoms with E-state index >= 15 is 0 Å². The van der Waals surface area contributed by atoms with E-state index in [1.807, 2.05) is 4.90 Å². The first-order chi connectivity index (χ1) is 12.6. The monoisotopic (exact) mass is 358 g/mol. The molecule has 1 saturated heterocycles. The highest BCUT2D eigenvalue weighted by atomic mass is 19.1. The van der Waals surface area contributed by atoms with Crippen molar-refractivity contribution in [3.05, 3.63) is 47.3 Å². The molecule has 1 aromatic carbocycles. The molecule has 1 N–H and O–H groups in total. The SMILES string of the molecule is O=C(CCC1CCN(C(=O)C2=CCCC2)CC1)NCc1ccc(F)cc1. The van der Waals surface area contributed by atoms with Crippen LogP contribution in [0.15, 0.2) is 35.9 Å². The van der Waals surface area contributed by atoms with Crippen molar-refractivity contribution in [2.45, 2.75) is 51.5 Å². The first-order valence-electron chi connectivity index (χ1n) is 9.61. The molecule has 1 aliphatic carbocycles. The topological polar surface area (TPSA) is 49.4 Å². The zero-order chi connectivity index (χ0) is 18.4. The predicted molar refractivity (Wildman–Crippen MR) is 98.7 cm³/mol. The summed E-state index contributed by atoms with van der Waals surface area (Å²) in [5, 5.41) is 2.89. The van der Waals surface area contributed by atoms with Gasteiger partial charge in [0, 0.05) is 31.6 Å². The highest BCUT2D eigenvalue weighted by Crippen LogP contribution is 2.25. The van der Waals surface area contributed by atoms with Gasteiger partial charge in [-0.1, -0.05) is 18.2 Å². The first-order valence-corrected chi connectivity index (χ1v) is 9.61. The standard InChI is InChI=1S/C21H27FN2O2/c22-19-8-5-17(6-9-19)15-23-20(25)10-7-16-11-13-24(14-12-16)21(26)18-3-1-2-4-18/h3,5-6,8-9,16H,1-2,4,7,10-15H2,(H,23,25). The molecular weight excluding hydrogens is 331 g/mol. The fourth-order valence-electron chi connectivity index (χ4n) is 3.72. The average molecular weight is 358 g/mol. The minimum atomic E-state index is -0.269. The number of allylic oxidation sites excluding steroid dienone is 1. The quantitative estimate of drug-likeness (QED) is 0.845. The van der Waals surface area contributed by atoms with Gasteiger partial charge in [0.05, 0.1) is 0 Å². The molecule has 0 aromatic heterocycles. The summed E-state index contributed by atoms with van der Waals surface area (Å²) in [6, 6.07) is 6.17. The molecule has 0 spiro atoms. The number of amides is 2. The van der Waals surface area contributed by atoms with Crippen LogP contribution in [0.2, 0.25) is 0 Å². The Morgan fingerprint density at radius 3 is 2.54 bits per heavy atom. The summed E-state index contributed by atoms with van der Waals surface area (Å²) in [5.41, 5.74) is 1.89. The number of rotatable bonds is 6. The first kappa shape index (κ1) is 18.6. The van der Waals surface area contributed by atoms with Crippen LogP contribution < -0.4 is 5.32 Å². The largest absolute Gasteiger partial charge is 0.352 e. The minimum Gasteiger partial charge on any atom is -0.352 e. The van der Waals surface area contributed by atoms with Crippen LogP contribution in [0, 0.1) is 11.7 Å². The second-order valence-electron chi connectivity index (χ2n) is 7.30. The van der Waals surface area contributed by atoms with Crippen molar-refractivity contribution in [3.63, 3.8) is 0 Å². The smallest absolute Gasteiger partial charge is 0.249 e. The molecule has 0 atom stereocenters. The average Bonchev–Trinajstić information content (AvgIpc) is 3.20. The number of carbonyl (C=O) groups excluding carboxylic acids is 2. The van der Waals surface area contributed by atoms with Crippen LogP contribution in [0.3, 0.4) is 0 Å². The lowest BCUT2D eigenvalue weighted by Gasteiger charge is -2.32. The van der Waals surface area contributed by atoms with Crippen LogP contribution in [0.5, 0.6) is 0 Å². The van der Waals surface area contributed by atoms with Crippen molar-refractivity contribution in [1.29, 1.82) is 0 Å². The molecule has 2 amide bonds. The Morgan fingerprint density at radius 1 is 1.15 bits per heavy atom. The number of hydrogen-bond donors (Lipinski definition) is 1.